The molecule has 0 fully saturated rings. The zero-order valence-electron chi connectivity index (χ0n) is 15.0. The molecule has 0 spiro atoms. The minimum absolute atomic E-state index is 0.179. The first-order valence-corrected chi connectivity index (χ1v) is 8.38. The van der Waals surface area contributed by atoms with Crippen molar-refractivity contribution in [2.75, 3.05) is 20.0 Å². The van der Waals surface area contributed by atoms with Crippen LogP contribution in [0.5, 0.6) is 11.5 Å². The molecule has 4 rings (SSSR count). The molecule has 0 amide bonds. The van der Waals surface area contributed by atoms with Crippen molar-refractivity contribution in [1.82, 2.24) is 14.8 Å². The van der Waals surface area contributed by atoms with E-state index in [9.17, 15) is 4.79 Å². The Balaban J connectivity index is 1.75. The van der Waals surface area contributed by atoms with E-state index in [4.69, 9.17) is 15.2 Å². The van der Waals surface area contributed by atoms with E-state index in [1.165, 1.54) is 4.68 Å². The van der Waals surface area contributed by atoms with E-state index in [1.54, 1.807) is 14.2 Å². The Labute approximate surface area is 155 Å². The van der Waals surface area contributed by atoms with Gasteiger partial charge in [-0.2, -0.15) is 4.68 Å². The Bertz CT molecular complexity index is 1150. The average molecular weight is 362 g/mol. The molecule has 7 nitrogen and oxygen atoms in total. The molecule has 0 bridgehead atoms. The Morgan fingerprint density at radius 3 is 2.44 bits per heavy atom. The lowest BCUT2D eigenvalue weighted by atomic mass is 10.1. The third-order valence-corrected chi connectivity index (χ3v) is 4.44. The number of nitrogens with two attached hydrogens (primary N) is 1. The molecule has 0 aliphatic rings. The highest BCUT2D eigenvalue weighted by atomic mass is 16.5. The zero-order valence-corrected chi connectivity index (χ0v) is 15.0. The monoisotopic (exact) mass is 362 g/mol. The van der Waals surface area contributed by atoms with Gasteiger partial charge in [0.1, 0.15) is 11.5 Å². The number of anilines is 1. The molecular weight excluding hydrogens is 344 g/mol. The van der Waals surface area contributed by atoms with Gasteiger partial charge in [0.2, 0.25) is 0 Å². The largest absolute Gasteiger partial charge is 0.497 e. The van der Waals surface area contributed by atoms with Gasteiger partial charge in [-0.05, 0) is 35.9 Å². The van der Waals surface area contributed by atoms with E-state index in [1.807, 2.05) is 48.5 Å². The van der Waals surface area contributed by atoms with Crippen molar-refractivity contribution in [2.24, 2.45) is 0 Å². The van der Waals surface area contributed by atoms with Crippen molar-refractivity contribution in [2.45, 2.75) is 6.42 Å². The minimum Gasteiger partial charge on any atom is -0.497 e. The van der Waals surface area contributed by atoms with Crippen LogP contribution in [0.2, 0.25) is 0 Å². The molecule has 0 unspecified atom stereocenters. The normalized spacial score (nSPS) is 11.0. The molecule has 2 aromatic heterocycles. The average Bonchev–Trinajstić information content (AvgIpc) is 3.02. The van der Waals surface area contributed by atoms with Crippen molar-refractivity contribution < 1.29 is 14.3 Å². The third kappa shape index (κ3) is 3.03. The second-order valence-electron chi connectivity index (χ2n) is 6.13. The fraction of sp³-hybridized carbons (Fsp3) is 0.150. The molecule has 136 valence electrons. The topological polar surface area (TPSA) is 92.3 Å². The summed E-state index contributed by atoms with van der Waals surface area (Å²) in [6.07, 6.45) is 0.179. The van der Waals surface area contributed by atoms with E-state index in [2.05, 4.69) is 10.1 Å². The lowest BCUT2D eigenvalue weighted by Crippen LogP contribution is -2.15. The van der Waals surface area contributed by atoms with Gasteiger partial charge in [0.25, 0.3) is 5.91 Å². The van der Waals surface area contributed by atoms with Crippen LogP contribution in [-0.4, -0.2) is 34.9 Å². The number of hydrogen-bond donors (Lipinski definition) is 1. The van der Waals surface area contributed by atoms with Crippen LogP contribution in [0.1, 0.15) is 10.4 Å². The third-order valence-electron chi connectivity index (χ3n) is 4.44. The fourth-order valence-electron chi connectivity index (χ4n) is 2.99. The number of fused-ring (bicyclic) bond motifs is 2. The number of carbonyl (C=O) groups excluding carboxylic acids is 1. The molecule has 2 heterocycles. The lowest BCUT2D eigenvalue weighted by molar-refractivity contribution is 0.0904. The van der Waals surface area contributed by atoms with Gasteiger partial charge in [-0.25, -0.2) is 4.98 Å². The van der Waals surface area contributed by atoms with E-state index >= 15 is 0 Å². The summed E-state index contributed by atoms with van der Waals surface area (Å²) in [6, 6.07) is 14.8. The summed E-state index contributed by atoms with van der Waals surface area (Å²) in [4.78, 5) is 17.4. The number of benzene rings is 2. The van der Waals surface area contributed by atoms with Crippen molar-refractivity contribution in [3.63, 3.8) is 0 Å². The quantitative estimate of drug-likeness (QED) is 0.600. The fourth-order valence-corrected chi connectivity index (χ4v) is 2.99. The van der Waals surface area contributed by atoms with Crippen molar-refractivity contribution in [3.8, 4) is 11.5 Å². The van der Waals surface area contributed by atoms with Crippen LogP contribution in [0.3, 0.4) is 0 Å². The molecule has 0 atom stereocenters. The molecule has 27 heavy (non-hydrogen) atoms. The van der Waals surface area contributed by atoms with Gasteiger partial charge >= 0.3 is 0 Å². The highest BCUT2D eigenvalue weighted by Crippen LogP contribution is 2.26. The summed E-state index contributed by atoms with van der Waals surface area (Å²) in [7, 11) is 3.20. The molecule has 2 aromatic carbocycles. The van der Waals surface area contributed by atoms with Crippen LogP contribution >= 0.6 is 0 Å². The summed E-state index contributed by atoms with van der Waals surface area (Å²) >= 11 is 0. The first-order valence-electron chi connectivity index (χ1n) is 8.38. The van der Waals surface area contributed by atoms with Crippen LogP contribution < -0.4 is 15.2 Å². The maximum atomic E-state index is 12.8. The summed E-state index contributed by atoms with van der Waals surface area (Å²) in [5, 5.41) is 5.76. The number of aromatic nitrogens is 3. The van der Waals surface area contributed by atoms with Gasteiger partial charge in [0.15, 0.2) is 11.5 Å². The smallest absolute Gasteiger partial charge is 0.253 e. The van der Waals surface area contributed by atoms with Gasteiger partial charge < -0.3 is 15.2 Å². The van der Waals surface area contributed by atoms with Gasteiger partial charge in [-0.1, -0.05) is 12.1 Å². The van der Waals surface area contributed by atoms with E-state index in [0.717, 1.165) is 16.7 Å². The second-order valence-corrected chi connectivity index (χ2v) is 6.13. The Morgan fingerprint density at radius 2 is 1.74 bits per heavy atom. The SMILES string of the molecule is COc1ccc(CC(=O)n2nc(N)c3cc4ccc(OC)cc4nc32)cc1. The molecule has 0 aliphatic heterocycles. The molecule has 7 heteroatoms. The van der Waals surface area contributed by atoms with Crippen molar-refractivity contribution in [3.05, 3.63) is 54.1 Å². The number of pyridine rings is 1. The van der Waals surface area contributed by atoms with Crippen LogP contribution in [0.25, 0.3) is 21.9 Å². The molecule has 0 saturated heterocycles. The van der Waals surface area contributed by atoms with Crippen LogP contribution in [0, 0.1) is 0 Å². The number of nitrogens with zero attached hydrogens (tertiary/aromatic N) is 3. The second kappa shape index (κ2) is 6.60. The van der Waals surface area contributed by atoms with E-state index in [0.29, 0.717) is 22.3 Å². The Morgan fingerprint density at radius 1 is 1.04 bits per heavy atom. The molecule has 0 saturated carbocycles. The van der Waals surface area contributed by atoms with Gasteiger partial charge in [0.05, 0.1) is 31.5 Å². The Kier molecular flexibility index (Phi) is 4.12. The van der Waals surface area contributed by atoms with Crippen LogP contribution in [0.4, 0.5) is 5.82 Å². The summed E-state index contributed by atoms with van der Waals surface area (Å²) in [5.41, 5.74) is 8.03. The summed E-state index contributed by atoms with van der Waals surface area (Å²) in [5.74, 6) is 1.50. The van der Waals surface area contributed by atoms with E-state index < -0.39 is 0 Å². The van der Waals surface area contributed by atoms with Gasteiger partial charge in [-0.15, -0.1) is 5.10 Å². The number of carbonyl (C=O) groups is 1. The molecular formula is C20H18N4O3. The molecule has 0 aliphatic carbocycles. The van der Waals surface area contributed by atoms with Crippen molar-refractivity contribution >= 4 is 33.7 Å². The number of rotatable bonds is 4. The van der Waals surface area contributed by atoms with Gasteiger partial charge in [0, 0.05) is 11.5 Å². The maximum Gasteiger partial charge on any atom is 0.253 e. The van der Waals surface area contributed by atoms with E-state index in [-0.39, 0.29) is 18.1 Å². The first-order chi connectivity index (χ1) is 13.1. The lowest BCUT2D eigenvalue weighted by Gasteiger charge is -2.05. The summed E-state index contributed by atoms with van der Waals surface area (Å²) in [6.45, 7) is 0. The predicted molar refractivity (Wildman–Crippen MR) is 103 cm³/mol. The Hall–Kier alpha value is -3.61. The van der Waals surface area contributed by atoms with Crippen LogP contribution in [0.15, 0.2) is 48.5 Å². The maximum absolute atomic E-state index is 12.8. The molecule has 0 radical (unpaired) electrons. The highest BCUT2D eigenvalue weighted by Gasteiger charge is 2.17. The zero-order chi connectivity index (χ0) is 19.0. The first kappa shape index (κ1) is 16.8. The number of hydrogen-bond acceptors (Lipinski definition) is 6. The number of methoxy groups -OCH3 is 2. The molecule has 4 aromatic rings. The number of ether oxygens (including phenoxy) is 2. The highest BCUT2D eigenvalue weighted by molar-refractivity contribution is 6.01. The minimum atomic E-state index is -0.211. The van der Waals surface area contributed by atoms with Crippen LogP contribution in [-0.2, 0) is 6.42 Å². The summed E-state index contributed by atoms with van der Waals surface area (Å²) < 4.78 is 11.7. The van der Waals surface area contributed by atoms with Gasteiger partial charge in [-0.3, -0.25) is 4.79 Å². The predicted octanol–water partition coefficient (Wildman–Crippen LogP) is 3.07. The van der Waals surface area contributed by atoms with Crippen molar-refractivity contribution in [1.29, 1.82) is 0 Å². The number of nitrogen functional groups attached to an aromatic ring is 1. The molecule has 2 N–H and O–H groups in total. The standard InChI is InChI=1S/C20H18N4O3/c1-26-14-6-3-12(4-7-14)9-18(25)24-20-16(19(21)23-24)10-13-5-8-15(27-2)11-17(13)22-20/h3-8,10-11H,9H2,1-2H3,(H2,21,23).